The van der Waals surface area contributed by atoms with Crippen molar-refractivity contribution in [2.45, 2.75) is 19.8 Å². The second kappa shape index (κ2) is 6.17. The molecule has 1 atom stereocenters. The van der Waals surface area contributed by atoms with Gasteiger partial charge < -0.3 is 10.5 Å². The first-order chi connectivity index (χ1) is 12.4. The van der Waals surface area contributed by atoms with Gasteiger partial charge in [-0.25, -0.2) is 4.98 Å². The number of benzene rings is 1. The largest absolute Gasteiger partial charge is 0.439 e. The minimum Gasteiger partial charge on any atom is -0.439 e. The van der Waals surface area contributed by atoms with E-state index in [2.05, 4.69) is 11.1 Å². The van der Waals surface area contributed by atoms with Gasteiger partial charge in [-0.05, 0) is 43.2 Å². The average Bonchev–Trinajstić information content (AvgIpc) is 2.92. The average molecular weight is 402 g/mol. The Morgan fingerprint density at radius 2 is 2.04 bits per heavy atom. The van der Waals surface area contributed by atoms with Crippen LogP contribution in [0.1, 0.15) is 27.6 Å². The number of nitrogens with zero attached hydrogens (tertiary/aromatic N) is 2. The zero-order valence-electron chi connectivity index (χ0n) is 13.9. The number of rotatable bonds is 1. The summed E-state index contributed by atoms with van der Waals surface area (Å²) in [5.74, 6) is 0.339. The summed E-state index contributed by atoms with van der Waals surface area (Å²) >= 11 is 14.0. The lowest BCUT2D eigenvalue weighted by Crippen LogP contribution is -2.20. The van der Waals surface area contributed by atoms with Gasteiger partial charge in [0.25, 0.3) is 0 Å². The highest BCUT2D eigenvalue weighted by molar-refractivity contribution is 7.19. The molecule has 1 aliphatic heterocycles. The van der Waals surface area contributed by atoms with E-state index in [1.165, 1.54) is 11.3 Å². The van der Waals surface area contributed by atoms with Gasteiger partial charge in [0.1, 0.15) is 16.5 Å². The van der Waals surface area contributed by atoms with Crippen LogP contribution in [0.4, 0.5) is 0 Å². The number of halogens is 2. The van der Waals surface area contributed by atoms with E-state index in [1.54, 1.807) is 12.1 Å². The number of hydrogen-bond acceptors (Lipinski definition) is 5. The molecule has 0 unspecified atom stereocenters. The van der Waals surface area contributed by atoms with Crippen LogP contribution in [0.15, 0.2) is 35.7 Å². The molecule has 0 saturated carbocycles. The van der Waals surface area contributed by atoms with Crippen molar-refractivity contribution < 1.29 is 4.74 Å². The van der Waals surface area contributed by atoms with Crippen LogP contribution in [-0.2, 0) is 0 Å². The molecule has 3 aromatic rings. The van der Waals surface area contributed by atoms with Crippen molar-refractivity contribution in [2.24, 2.45) is 5.73 Å². The fourth-order valence-corrected chi connectivity index (χ4v) is 5.18. The van der Waals surface area contributed by atoms with Crippen molar-refractivity contribution in [3.05, 3.63) is 67.5 Å². The minimum absolute atomic E-state index is 0.0932. The SMILES string of the molecule is Cc1cc(C)c2c3c(sc2n1)[C@@H](c1ccc(Cl)cc1Cl)C(C#N)=C(N)O3. The zero-order chi connectivity index (χ0) is 18.6. The number of nitrogens with two attached hydrogens (primary N) is 1. The van der Waals surface area contributed by atoms with Crippen LogP contribution in [-0.4, -0.2) is 4.98 Å². The molecule has 3 heterocycles. The molecule has 0 amide bonds. The van der Waals surface area contributed by atoms with E-state index in [0.29, 0.717) is 21.4 Å². The maximum Gasteiger partial charge on any atom is 0.205 e. The Morgan fingerprint density at radius 1 is 1.27 bits per heavy atom. The van der Waals surface area contributed by atoms with Gasteiger partial charge in [0.2, 0.25) is 5.88 Å². The molecule has 0 aliphatic carbocycles. The van der Waals surface area contributed by atoms with Crippen molar-refractivity contribution in [1.82, 2.24) is 4.98 Å². The quantitative estimate of drug-likeness (QED) is 0.589. The molecule has 1 aromatic carbocycles. The zero-order valence-corrected chi connectivity index (χ0v) is 16.3. The number of nitriles is 1. The highest BCUT2D eigenvalue weighted by Gasteiger charge is 2.35. The summed E-state index contributed by atoms with van der Waals surface area (Å²) in [7, 11) is 0. The van der Waals surface area contributed by atoms with Crippen molar-refractivity contribution in [3.8, 4) is 11.8 Å². The molecule has 0 radical (unpaired) electrons. The first-order valence-electron chi connectivity index (χ1n) is 7.84. The van der Waals surface area contributed by atoms with Crippen molar-refractivity contribution >= 4 is 44.8 Å². The van der Waals surface area contributed by atoms with E-state index in [1.807, 2.05) is 26.0 Å². The predicted octanol–water partition coefficient (Wildman–Crippen LogP) is 5.44. The van der Waals surface area contributed by atoms with Gasteiger partial charge in [0.15, 0.2) is 5.75 Å². The van der Waals surface area contributed by atoms with E-state index in [4.69, 9.17) is 33.7 Å². The Labute approximate surface area is 164 Å². The summed E-state index contributed by atoms with van der Waals surface area (Å²) < 4.78 is 5.86. The number of pyridine rings is 1. The third kappa shape index (κ3) is 2.53. The maximum absolute atomic E-state index is 9.69. The van der Waals surface area contributed by atoms with E-state index in [-0.39, 0.29) is 5.88 Å². The van der Waals surface area contributed by atoms with E-state index >= 15 is 0 Å². The third-order valence-electron chi connectivity index (χ3n) is 4.39. The first kappa shape index (κ1) is 17.2. The van der Waals surface area contributed by atoms with Crippen LogP contribution in [0.25, 0.3) is 10.2 Å². The highest BCUT2D eigenvalue weighted by atomic mass is 35.5. The number of aromatic nitrogens is 1. The van der Waals surface area contributed by atoms with Gasteiger partial charge in [0.05, 0.1) is 16.2 Å². The molecule has 0 fully saturated rings. The molecule has 0 spiro atoms. The Kier molecular flexibility index (Phi) is 4.07. The summed E-state index contributed by atoms with van der Waals surface area (Å²) in [6.07, 6.45) is 0. The smallest absolute Gasteiger partial charge is 0.205 e. The number of thiophene rings is 1. The number of aryl methyl sites for hydroxylation is 2. The normalized spacial score (nSPS) is 16.3. The van der Waals surface area contributed by atoms with Crippen LogP contribution in [0.3, 0.4) is 0 Å². The molecule has 0 bridgehead atoms. The summed E-state index contributed by atoms with van der Waals surface area (Å²) in [5, 5.41) is 11.6. The molecule has 1 aliphatic rings. The molecule has 4 rings (SSSR count). The number of fused-ring (bicyclic) bond motifs is 3. The molecule has 26 heavy (non-hydrogen) atoms. The van der Waals surface area contributed by atoms with E-state index in [9.17, 15) is 5.26 Å². The van der Waals surface area contributed by atoms with Crippen LogP contribution >= 0.6 is 34.5 Å². The standard InChI is InChI=1S/C19H13Cl2N3OS/c1-8-5-9(2)24-19-14(8)16-17(26-19)15(12(7-22)18(23)25-16)11-4-3-10(20)6-13(11)21/h3-6,15H,23H2,1-2H3/t15-/m0/s1. The topological polar surface area (TPSA) is 71.9 Å². The van der Waals surface area contributed by atoms with Gasteiger partial charge in [-0.15, -0.1) is 11.3 Å². The van der Waals surface area contributed by atoms with Crippen molar-refractivity contribution in [2.75, 3.05) is 0 Å². The molecule has 130 valence electrons. The van der Waals surface area contributed by atoms with Gasteiger partial charge in [-0.3, -0.25) is 0 Å². The summed E-state index contributed by atoms with van der Waals surface area (Å²) in [6, 6.07) is 9.43. The Bertz CT molecular complexity index is 1140. The molecular formula is C19H13Cl2N3OS. The lowest BCUT2D eigenvalue weighted by molar-refractivity contribution is 0.401. The van der Waals surface area contributed by atoms with Crippen LogP contribution in [0.5, 0.6) is 5.75 Å². The van der Waals surface area contributed by atoms with Crippen LogP contribution in [0, 0.1) is 25.2 Å². The minimum atomic E-state index is -0.410. The second-order valence-corrected chi connectivity index (χ2v) is 8.02. The fourth-order valence-electron chi connectivity index (χ4n) is 3.31. The van der Waals surface area contributed by atoms with Gasteiger partial charge >= 0.3 is 0 Å². The summed E-state index contributed by atoms with van der Waals surface area (Å²) in [6.45, 7) is 3.96. The highest BCUT2D eigenvalue weighted by Crippen LogP contribution is 2.51. The summed E-state index contributed by atoms with van der Waals surface area (Å²) in [4.78, 5) is 6.35. The van der Waals surface area contributed by atoms with Crippen molar-refractivity contribution in [1.29, 1.82) is 5.26 Å². The molecular weight excluding hydrogens is 389 g/mol. The second-order valence-electron chi connectivity index (χ2n) is 6.15. The molecule has 7 heteroatoms. The maximum atomic E-state index is 9.69. The molecule has 4 nitrogen and oxygen atoms in total. The Morgan fingerprint density at radius 3 is 2.73 bits per heavy atom. The predicted molar refractivity (Wildman–Crippen MR) is 105 cm³/mol. The molecule has 2 aromatic heterocycles. The lowest BCUT2D eigenvalue weighted by Gasteiger charge is -2.24. The van der Waals surface area contributed by atoms with Gasteiger partial charge in [0, 0.05) is 15.7 Å². The van der Waals surface area contributed by atoms with E-state index < -0.39 is 5.92 Å². The van der Waals surface area contributed by atoms with Crippen molar-refractivity contribution in [3.63, 3.8) is 0 Å². The Balaban J connectivity index is 2.05. The molecule has 0 saturated heterocycles. The first-order valence-corrected chi connectivity index (χ1v) is 9.41. The number of allylic oxidation sites excluding steroid dienone is 1. The Hall–Kier alpha value is -2.26. The molecule has 2 N–H and O–H groups in total. The monoisotopic (exact) mass is 401 g/mol. The number of hydrogen-bond donors (Lipinski definition) is 1. The van der Waals surface area contributed by atoms with Gasteiger partial charge in [-0.1, -0.05) is 29.3 Å². The van der Waals surface area contributed by atoms with Crippen LogP contribution < -0.4 is 10.5 Å². The van der Waals surface area contributed by atoms with Gasteiger partial charge in [-0.2, -0.15) is 5.26 Å². The van der Waals surface area contributed by atoms with Crippen LogP contribution in [0.2, 0.25) is 10.0 Å². The summed E-state index contributed by atoms with van der Waals surface area (Å²) in [5.41, 5.74) is 9.17. The van der Waals surface area contributed by atoms with E-state index in [0.717, 1.165) is 31.9 Å². The number of ether oxygens (including phenoxy) is 1. The third-order valence-corrected chi connectivity index (χ3v) is 6.08. The lowest BCUT2D eigenvalue weighted by atomic mass is 9.88. The fraction of sp³-hybridized carbons (Fsp3) is 0.158.